The quantitative estimate of drug-likeness (QED) is 0.404. The number of aryl methyl sites for hydroxylation is 1. The molecule has 2 aromatic heterocycles. The molecule has 1 aliphatic heterocycles. The summed E-state index contributed by atoms with van der Waals surface area (Å²) in [6, 6.07) is 16.5. The van der Waals surface area contributed by atoms with E-state index in [4.69, 9.17) is 4.74 Å². The summed E-state index contributed by atoms with van der Waals surface area (Å²) in [7, 11) is 0. The normalized spacial score (nSPS) is 14.8. The van der Waals surface area contributed by atoms with Gasteiger partial charge in [-0.25, -0.2) is 4.98 Å². The van der Waals surface area contributed by atoms with Crippen molar-refractivity contribution in [1.82, 2.24) is 9.38 Å². The summed E-state index contributed by atoms with van der Waals surface area (Å²) in [5, 5.41) is 0. The largest absolute Gasteiger partial charge is 0.420 e. The lowest BCUT2D eigenvalue weighted by atomic mass is 10.0. The molecule has 1 aliphatic rings. The molecule has 1 fully saturated rings. The Morgan fingerprint density at radius 1 is 0.938 bits per heavy atom. The number of imidazole rings is 1. The predicted molar refractivity (Wildman–Crippen MR) is 119 cm³/mol. The van der Waals surface area contributed by atoms with E-state index in [2.05, 4.69) is 9.88 Å². The number of aromatic nitrogens is 2. The van der Waals surface area contributed by atoms with Crippen LogP contribution in [-0.4, -0.2) is 35.7 Å². The van der Waals surface area contributed by atoms with Crippen LogP contribution in [-0.2, 0) is 10.9 Å². The maximum absolute atomic E-state index is 13.9. The lowest BCUT2D eigenvalue weighted by Gasteiger charge is -2.28. The summed E-state index contributed by atoms with van der Waals surface area (Å²) >= 11 is 0. The minimum Gasteiger partial charge on any atom is -0.378 e. The van der Waals surface area contributed by atoms with Crippen LogP contribution < -0.4 is 4.90 Å². The van der Waals surface area contributed by atoms with Gasteiger partial charge in [0.15, 0.2) is 0 Å². The van der Waals surface area contributed by atoms with Crippen molar-refractivity contribution < 1.29 is 17.9 Å². The Kier molecular flexibility index (Phi) is 5.13. The number of morpholine rings is 1. The van der Waals surface area contributed by atoms with Crippen molar-refractivity contribution in [3.63, 3.8) is 0 Å². The van der Waals surface area contributed by atoms with Crippen molar-refractivity contribution in [3.8, 4) is 22.4 Å². The van der Waals surface area contributed by atoms with E-state index in [1.165, 1.54) is 12.3 Å². The second-order valence-electron chi connectivity index (χ2n) is 7.94. The molecule has 5 rings (SSSR count). The molecule has 0 saturated carbocycles. The van der Waals surface area contributed by atoms with E-state index >= 15 is 0 Å². The molecular weight excluding hydrogens is 415 g/mol. The first-order chi connectivity index (χ1) is 15.4. The van der Waals surface area contributed by atoms with Gasteiger partial charge >= 0.3 is 6.18 Å². The highest BCUT2D eigenvalue weighted by molar-refractivity contribution is 5.74. The molecule has 1 saturated heterocycles. The second-order valence-corrected chi connectivity index (χ2v) is 7.94. The highest BCUT2D eigenvalue weighted by atomic mass is 19.4. The van der Waals surface area contributed by atoms with Gasteiger partial charge in [-0.2, -0.15) is 13.2 Å². The highest BCUT2D eigenvalue weighted by Crippen LogP contribution is 2.37. The Balaban J connectivity index is 1.63. The van der Waals surface area contributed by atoms with Crippen LogP contribution in [0.2, 0.25) is 0 Å². The molecule has 164 valence electrons. The molecule has 0 spiro atoms. The van der Waals surface area contributed by atoms with Crippen LogP contribution in [0, 0.1) is 6.92 Å². The number of hydrogen-bond donors (Lipinski definition) is 0. The van der Waals surface area contributed by atoms with Crippen molar-refractivity contribution in [2.24, 2.45) is 0 Å². The van der Waals surface area contributed by atoms with Crippen molar-refractivity contribution in [2.45, 2.75) is 13.1 Å². The fourth-order valence-electron chi connectivity index (χ4n) is 4.22. The van der Waals surface area contributed by atoms with Gasteiger partial charge in [0.2, 0.25) is 0 Å². The minimum atomic E-state index is -4.51. The maximum atomic E-state index is 13.9. The first-order valence-corrected chi connectivity index (χ1v) is 10.5. The van der Waals surface area contributed by atoms with Gasteiger partial charge in [0.1, 0.15) is 5.65 Å². The standard InChI is InChI=1S/C25H22F3N3O/c1-17-4-2-3-5-21(17)19-14-22(25(26,27)28)24-29-15-23(31(24)16-19)18-6-8-20(9-7-18)30-10-12-32-13-11-30/h2-9,14-16H,10-13H2,1H3. The third kappa shape index (κ3) is 3.73. The molecule has 0 unspecified atom stereocenters. The number of pyridine rings is 1. The Morgan fingerprint density at radius 3 is 2.34 bits per heavy atom. The summed E-state index contributed by atoms with van der Waals surface area (Å²) in [6.07, 6.45) is -1.26. The molecule has 2 aromatic carbocycles. The van der Waals surface area contributed by atoms with E-state index in [9.17, 15) is 13.2 Å². The van der Waals surface area contributed by atoms with Crippen LogP contribution in [0.4, 0.5) is 18.9 Å². The van der Waals surface area contributed by atoms with Crippen molar-refractivity contribution in [1.29, 1.82) is 0 Å². The van der Waals surface area contributed by atoms with Gasteiger partial charge < -0.3 is 9.64 Å². The number of alkyl halides is 3. The fraction of sp³-hybridized carbons (Fsp3) is 0.240. The van der Waals surface area contributed by atoms with E-state index in [0.717, 1.165) is 35.5 Å². The summed E-state index contributed by atoms with van der Waals surface area (Å²) < 4.78 is 48.7. The summed E-state index contributed by atoms with van der Waals surface area (Å²) in [6.45, 7) is 4.92. The van der Waals surface area contributed by atoms with E-state index in [1.54, 1.807) is 10.6 Å². The highest BCUT2D eigenvalue weighted by Gasteiger charge is 2.35. The van der Waals surface area contributed by atoms with Gasteiger partial charge in [-0.15, -0.1) is 0 Å². The monoisotopic (exact) mass is 437 g/mol. The lowest BCUT2D eigenvalue weighted by molar-refractivity contribution is -0.136. The number of halogens is 3. The van der Waals surface area contributed by atoms with Gasteiger partial charge in [0.05, 0.1) is 30.7 Å². The summed E-state index contributed by atoms with van der Waals surface area (Å²) in [4.78, 5) is 6.38. The number of ether oxygens (including phenoxy) is 1. The average Bonchev–Trinajstić information content (AvgIpc) is 3.23. The van der Waals surface area contributed by atoms with Gasteiger partial charge in [-0.3, -0.25) is 4.40 Å². The Bertz CT molecular complexity index is 1260. The lowest BCUT2D eigenvalue weighted by Crippen LogP contribution is -2.36. The Morgan fingerprint density at radius 2 is 1.66 bits per heavy atom. The van der Waals surface area contributed by atoms with Crippen LogP contribution in [0.3, 0.4) is 0 Å². The maximum Gasteiger partial charge on any atom is 0.420 e. The third-order valence-corrected chi connectivity index (χ3v) is 5.91. The fourth-order valence-corrected chi connectivity index (χ4v) is 4.22. The Hall–Kier alpha value is -3.32. The van der Waals surface area contributed by atoms with E-state index in [1.807, 2.05) is 55.5 Å². The Labute approximate surface area is 183 Å². The third-order valence-electron chi connectivity index (χ3n) is 5.91. The van der Waals surface area contributed by atoms with Crippen LogP contribution in [0.5, 0.6) is 0 Å². The smallest absolute Gasteiger partial charge is 0.378 e. The van der Waals surface area contributed by atoms with E-state index in [-0.39, 0.29) is 5.65 Å². The SMILES string of the molecule is Cc1ccccc1-c1cc(C(F)(F)F)c2ncc(-c3ccc(N4CCOCC4)cc3)n2c1. The zero-order valence-corrected chi connectivity index (χ0v) is 17.6. The number of nitrogens with zero attached hydrogens (tertiary/aromatic N) is 3. The molecule has 3 heterocycles. The van der Waals surface area contributed by atoms with Crippen LogP contribution in [0.15, 0.2) is 67.0 Å². The number of fused-ring (bicyclic) bond motifs is 1. The topological polar surface area (TPSA) is 29.8 Å². The molecular formula is C25H22F3N3O. The zero-order chi connectivity index (χ0) is 22.3. The molecule has 0 N–H and O–H groups in total. The molecule has 32 heavy (non-hydrogen) atoms. The van der Waals surface area contributed by atoms with Crippen LogP contribution in [0.25, 0.3) is 28.0 Å². The molecule has 0 bridgehead atoms. The van der Waals surface area contributed by atoms with Crippen molar-refractivity contribution in [3.05, 3.63) is 78.1 Å². The second kappa shape index (κ2) is 7.98. The number of rotatable bonds is 3. The van der Waals surface area contributed by atoms with Crippen LogP contribution in [0.1, 0.15) is 11.1 Å². The first kappa shape index (κ1) is 20.6. The number of hydrogen-bond acceptors (Lipinski definition) is 3. The van der Waals surface area contributed by atoms with Crippen LogP contribution >= 0.6 is 0 Å². The molecule has 0 aliphatic carbocycles. The molecule has 0 radical (unpaired) electrons. The number of anilines is 1. The molecule has 0 amide bonds. The van der Waals surface area contributed by atoms with Crippen molar-refractivity contribution >= 4 is 11.3 Å². The number of benzene rings is 2. The van der Waals surface area contributed by atoms with E-state index < -0.39 is 11.7 Å². The zero-order valence-electron chi connectivity index (χ0n) is 17.6. The predicted octanol–water partition coefficient (Wildman–Crippen LogP) is 5.83. The average molecular weight is 437 g/mol. The molecule has 4 aromatic rings. The van der Waals surface area contributed by atoms with Gasteiger partial charge in [-0.05, 0) is 41.8 Å². The molecule has 4 nitrogen and oxygen atoms in total. The van der Waals surface area contributed by atoms with E-state index in [0.29, 0.717) is 24.5 Å². The van der Waals surface area contributed by atoms with Gasteiger partial charge in [0.25, 0.3) is 0 Å². The summed E-state index contributed by atoms with van der Waals surface area (Å²) in [5.74, 6) is 0. The van der Waals surface area contributed by atoms with Crippen molar-refractivity contribution in [2.75, 3.05) is 31.2 Å². The van der Waals surface area contributed by atoms with Gasteiger partial charge in [-0.1, -0.05) is 36.4 Å². The first-order valence-electron chi connectivity index (χ1n) is 10.5. The molecule has 7 heteroatoms. The molecule has 0 atom stereocenters. The van der Waals surface area contributed by atoms with Gasteiger partial charge in [0, 0.05) is 30.5 Å². The summed E-state index contributed by atoms with van der Waals surface area (Å²) in [5.41, 5.74) is 3.85. The minimum absolute atomic E-state index is 0.0953.